The minimum absolute atomic E-state index is 0.0521. The van der Waals surface area contributed by atoms with Crippen LogP contribution >= 0.6 is 11.6 Å². The standard InChI is InChI=1S/C8H9ClN2O/c9-3-1-2-8(12)7-4-10-6-11-5-7/h4-6H,1-3H2. The van der Waals surface area contributed by atoms with Crippen LogP contribution in [0.2, 0.25) is 0 Å². The number of rotatable bonds is 4. The highest BCUT2D eigenvalue weighted by atomic mass is 35.5. The third kappa shape index (κ3) is 2.58. The van der Waals surface area contributed by atoms with E-state index in [-0.39, 0.29) is 5.78 Å². The molecule has 0 unspecified atom stereocenters. The molecule has 0 N–H and O–H groups in total. The highest BCUT2D eigenvalue weighted by Gasteiger charge is 2.04. The lowest BCUT2D eigenvalue weighted by molar-refractivity contribution is 0.0981. The first-order valence-electron chi connectivity index (χ1n) is 3.69. The van der Waals surface area contributed by atoms with Gasteiger partial charge in [-0.2, -0.15) is 0 Å². The second kappa shape index (κ2) is 4.83. The Balaban J connectivity index is 2.54. The third-order valence-electron chi connectivity index (χ3n) is 1.42. The van der Waals surface area contributed by atoms with Crippen molar-refractivity contribution < 1.29 is 4.79 Å². The van der Waals surface area contributed by atoms with Crippen LogP contribution in [0.25, 0.3) is 0 Å². The quantitative estimate of drug-likeness (QED) is 0.528. The van der Waals surface area contributed by atoms with E-state index < -0.39 is 0 Å². The van der Waals surface area contributed by atoms with Crippen molar-refractivity contribution >= 4 is 17.4 Å². The third-order valence-corrected chi connectivity index (χ3v) is 1.69. The Kier molecular flexibility index (Phi) is 3.67. The Morgan fingerprint density at radius 3 is 2.67 bits per heavy atom. The van der Waals surface area contributed by atoms with E-state index in [1.807, 2.05) is 0 Å². The number of carbonyl (C=O) groups is 1. The van der Waals surface area contributed by atoms with Crippen molar-refractivity contribution in [3.8, 4) is 0 Å². The Morgan fingerprint density at radius 2 is 2.08 bits per heavy atom. The molecular formula is C8H9ClN2O. The van der Waals surface area contributed by atoms with Crippen LogP contribution in [0.1, 0.15) is 23.2 Å². The molecule has 3 nitrogen and oxygen atoms in total. The average molecular weight is 185 g/mol. The molecule has 4 heteroatoms. The molecule has 0 aliphatic carbocycles. The van der Waals surface area contributed by atoms with Crippen molar-refractivity contribution in [2.24, 2.45) is 0 Å². The molecule has 0 saturated heterocycles. The van der Waals surface area contributed by atoms with Crippen LogP contribution in [0.4, 0.5) is 0 Å². The lowest BCUT2D eigenvalue weighted by Crippen LogP contribution is -2.00. The minimum atomic E-state index is 0.0521. The number of carbonyl (C=O) groups excluding carboxylic acids is 1. The largest absolute Gasteiger partial charge is 0.294 e. The first-order valence-corrected chi connectivity index (χ1v) is 4.22. The molecule has 0 saturated carbocycles. The Labute approximate surface area is 75.8 Å². The summed E-state index contributed by atoms with van der Waals surface area (Å²) in [5.41, 5.74) is 0.558. The van der Waals surface area contributed by atoms with Gasteiger partial charge in [0.15, 0.2) is 5.78 Å². The van der Waals surface area contributed by atoms with Gasteiger partial charge in [-0.15, -0.1) is 11.6 Å². The van der Waals surface area contributed by atoms with Crippen LogP contribution < -0.4 is 0 Å². The number of hydrogen-bond donors (Lipinski definition) is 0. The van der Waals surface area contributed by atoms with Gasteiger partial charge in [-0.25, -0.2) is 9.97 Å². The molecule has 1 aromatic rings. The predicted molar refractivity (Wildman–Crippen MR) is 46.3 cm³/mol. The summed E-state index contributed by atoms with van der Waals surface area (Å²) in [5.74, 6) is 0.565. The monoisotopic (exact) mass is 184 g/mol. The molecule has 0 aliphatic heterocycles. The normalized spacial score (nSPS) is 9.75. The summed E-state index contributed by atoms with van der Waals surface area (Å²) >= 11 is 5.45. The van der Waals surface area contributed by atoms with E-state index in [1.54, 1.807) is 0 Å². The molecule has 1 heterocycles. The van der Waals surface area contributed by atoms with E-state index in [2.05, 4.69) is 9.97 Å². The van der Waals surface area contributed by atoms with Gasteiger partial charge in [-0.1, -0.05) is 0 Å². The van der Waals surface area contributed by atoms with Gasteiger partial charge < -0.3 is 0 Å². The minimum Gasteiger partial charge on any atom is -0.294 e. The second-order valence-corrected chi connectivity index (χ2v) is 2.72. The van der Waals surface area contributed by atoms with E-state index in [0.717, 1.165) is 0 Å². The first kappa shape index (κ1) is 9.13. The van der Waals surface area contributed by atoms with Crippen LogP contribution in [-0.2, 0) is 0 Å². The van der Waals surface area contributed by atoms with E-state index in [9.17, 15) is 4.79 Å². The van der Waals surface area contributed by atoms with Crippen molar-refractivity contribution in [2.75, 3.05) is 5.88 Å². The summed E-state index contributed by atoms with van der Waals surface area (Å²) in [7, 11) is 0. The molecule has 64 valence electrons. The number of nitrogens with zero attached hydrogens (tertiary/aromatic N) is 2. The average Bonchev–Trinajstić information content (AvgIpc) is 2.15. The molecule has 0 amide bonds. The number of ketones is 1. The van der Waals surface area contributed by atoms with Crippen molar-refractivity contribution in [1.29, 1.82) is 0 Å². The van der Waals surface area contributed by atoms with Crippen LogP contribution in [0.15, 0.2) is 18.7 Å². The molecule has 0 aliphatic rings. The fourth-order valence-corrected chi connectivity index (χ4v) is 0.948. The van der Waals surface area contributed by atoms with Gasteiger partial charge in [0.25, 0.3) is 0 Å². The van der Waals surface area contributed by atoms with Gasteiger partial charge in [0, 0.05) is 24.7 Å². The van der Waals surface area contributed by atoms with Crippen LogP contribution in [0.3, 0.4) is 0 Å². The van der Waals surface area contributed by atoms with Crippen molar-refractivity contribution in [2.45, 2.75) is 12.8 Å². The second-order valence-electron chi connectivity index (χ2n) is 2.34. The zero-order chi connectivity index (χ0) is 8.81. The summed E-state index contributed by atoms with van der Waals surface area (Å²) < 4.78 is 0. The smallest absolute Gasteiger partial charge is 0.166 e. The molecule has 0 bridgehead atoms. The molecule has 0 fully saturated rings. The summed E-state index contributed by atoms with van der Waals surface area (Å²) in [6, 6.07) is 0. The highest BCUT2D eigenvalue weighted by molar-refractivity contribution is 6.18. The molecule has 1 rings (SSSR count). The van der Waals surface area contributed by atoms with Crippen molar-refractivity contribution in [3.63, 3.8) is 0 Å². The molecule has 0 radical (unpaired) electrons. The van der Waals surface area contributed by atoms with Gasteiger partial charge in [-0.05, 0) is 6.42 Å². The summed E-state index contributed by atoms with van der Waals surface area (Å²) in [6.07, 6.45) is 5.61. The highest BCUT2D eigenvalue weighted by Crippen LogP contribution is 2.02. The van der Waals surface area contributed by atoms with E-state index in [1.165, 1.54) is 18.7 Å². The van der Waals surface area contributed by atoms with Crippen LogP contribution in [0, 0.1) is 0 Å². The molecule has 1 aromatic heterocycles. The van der Waals surface area contributed by atoms with E-state index in [0.29, 0.717) is 24.3 Å². The van der Waals surface area contributed by atoms with Gasteiger partial charge in [-0.3, -0.25) is 4.79 Å². The summed E-state index contributed by atoms with van der Waals surface area (Å²) in [5, 5.41) is 0. The van der Waals surface area contributed by atoms with E-state index >= 15 is 0 Å². The molecule has 0 spiro atoms. The molecule has 0 atom stereocenters. The van der Waals surface area contributed by atoms with E-state index in [4.69, 9.17) is 11.6 Å². The lowest BCUT2D eigenvalue weighted by atomic mass is 10.1. The number of aromatic nitrogens is 2. The topological polar surface area (TPSA) is 42.9 Å². The number of alkyl halides is 1. The maximum atomic E-state index is 11.3. The fourth-order valence-electron chi connectivity index (χ4n) is 0.815. The molecule has 12 heavy (non-hydrogen) atoms. The molecular weight excluding hydrogens is 176 g/mol. The van der Waals surface area contributed by atoms with Gasteiger partial charge in [0.1, 0.15) is 6.33 Å². The van der Waals surface area contributed by atoms with Crippen molar-refractivity contribution in [1.82, 2.24) is 9.97 Å². The zero-order valence-corrected chi connectivity index (χ0v) is 7.29. The summed E-state index contributed by atoms with van der Waals surface area (Å²) in [4.78, 5) is 18.8. The fraction of sp³-hybridized carbons (Fsp3) is 0.375. The number of halogens is 1. The maximum Gasteiger partial charge on any atom is 0.166 e. The van der Waals surface area contributed by atoms with Crippen LogP contribution in [-0.4, -0.2) is 21.6 Å². The first-order chi connectivity index (χ1) is 5.84. The van der Waals surface area contributed by atoms with Gasteiger partial charge in [0.05, 0.1) is 5.56 Å². The Bertz CT molecular complexity index is 250. The maximum absolute atomic E-state index is 11.3. The van der Waals surface area contributed by atoms with Crippen molar-refractivity contribution in [3.05, 3.63) is 24.3 Å². The summed E-state index contributed by atoms with van der Waals surface area (Å²) in [6.45, 7) is 0. The SMILES string of the molecule is O=C(CCCCl)c1cncnc1. The lowest BCUT2D eigenvalue weighted by Gasteiger charge is -1.96. The van der Waals surface area contributed by atoms with Crippen LogP contribution in [0.5, 0.6) is 0 Å². The Morgan fingerprint density at radius 1 is 1.42 bits per heavy atom. The molecule has 0 aromatic carbocycles. The number of hydrogen-bond acceptors (Lipinski definition) is 3. The zero-order valence-electron chi connectivity index (χ0n) is 6.53. The Hall–Kier alpha value is -0.960. The van der Waals surface area contributed by atoms with Gasteiger partial charge >= 0.3 is 0 Å². The number of Topliss-reactive ketones (excluding diaryl/α,β-unsaturated/α-hetero) is 1. The predicted octanol–water partition coefficient (Wildman–Crippen LogP) is 1.68. The van der Waals surface area contributed by atoms with Gasteiger partial charge in [0.2, 0.25) is 0 Å².